The van der Waals surface area contributed by atoms with E-state index in [-0.39, 0.29) is 18.2 Å². The maximum Gasteiger partial charge on any atom is 0.410 e. The van der Waals surface area contributed by atoms with Crippen molar-refractivity contribution in [2.75, 3.05) is 6.54 Å². The van der Waals surface area contributed by atoms with E-state index in [9.17, 15) is 4.79 Å². The maximum absolute atomic E-state index is 11.7. The third-order valence-corrected chi connectivity index (χ3v) is 3.49. The summed E-state index contributed by atoms with van der Waals surface area (Å²) in [5.41, 5.74) is 1.12. The van der Waals surface area contributed by atoms with Crippen LogP contribution in [0.1, 0.15) is 30.9 Å². The van der Waals surface area contributed by atoms with E-state index in [1.165, 1.54) is 6.42 Å². The number of rotatable bonds is 1. The molecule has 0 aromatic heterocycles. The first-order chi connectivity index (χ1) is 7.86. The lowest BCUT2D eigenvalue weighted by Gasteiger charge is -2.28. The topological polar surface area (TPSA) is 29.5 Å². The quantitative estimate of drug-likeness (QED) is 0.723. The third kappa shape index (κ3) is 1.47. The molecule has 2 heterocycles. The highest BCUT2D eigenvalue weighted by Gasteiger charge is 2.43. The Labute approximate surface area is 95.0 Å². The molecule has 2 unspecified atom stereocenters. The monoisotopic (exact) mass is 217 g/mol. The van der Waals surface area contributed by atoms with Crippen LogP contribution >= 0.6 is 0 Å². The van der Waals surface area contributed by atoms with Crippen molar-refractivity contribution in [3.8, 4) is 0 Å². The van der Waals surface area contributed by atoms with E-state index in [2.05, 4.69) is 0 Å². The van der Waals surface area contributed by atoms with Crippen molar-refractivity contribution >= 4 is 6.09 Å². The van der Waals surface area contributed by atoms with E-state index < -0.39 is 0 Å². The van der Waals surface area contributed by atoms with Crippen LogP contribution in [-0.2, 0) is 4.74 Å². The summed E-state index contributed by atoms with van der Waals surface area (Å²) in [6.45, 7) is 0.854. The van der Waals surface area contributed by atoms with Crippen LogP contribution in [0.25, 0.3) is 0 Å². The van der Waals surface area contributed by atoms with Gasteiger partial charge in [-0.15, -0.1) is 0 Å². The summed E-state index contributed by atoms with van der Waals surface area (Å²) < 4.78 is 5.48. The van der Waals surface area contributed by atoms with Gasteiger partial charge in [0.05, 0.1) is 6.04 Å². The zero-order chi connectivity index (χ0) is 11.0. The molecule has 3 nitrogen and oxygen atoms in total. The van der Waals surface area contributed by atoms with Crippen molar-refractivity contribution in [3.63, 3.8) is 0 Å². The summed E-state index contributed by atoms with van der Waals surface area (Å²) >= 11 is 0. The SMILES string of the molecule is O=C1OC(c2ccccc2)C2CCCCN12. The van der Waals surface area contributed by atoms with Gasteiger partial charge in [-0.1, -0.05) is 30.3 Å². The number of fused-ring (bicyclic) bond motifs is 1. The van der Waals surface area contributed by atoms with Crippen LogP contribution in [0.15, 0.2) is 30.3 Å². The minimum absolute atomic E-state index is 0.0611. The number of hydrogen-bond donors (Lipinski definition) is 0. The molecule has 0 bridgehead atoms. The normalized spacial score (nSPS) is 28.8. The van der Waals surface area contributed by atoms with E-state index in [4.69, 9.17) is 4.74 Å². The fourth-order valence-electron chi connectivity index (χ4n) is 2.69. The Morgan fingerprint density at radius 1 is 1.19 bits per heavy atom. The number of hydrogen-bond acceptors (Lipinski definition) is 2. The molecule has 0 radical (unpaired) electrons. The number of ether oxygens (including phenoxy) is 1. The van der Waals surface area contributed by atoms with Gasteiger partial charge in [0.15, 0.2) is 0 Å². The Bertz CT molecular complexity index is 390. The number of carbonyl (C=O) groups is 1. The van der Waals surface area contributed by atoms with Crippen molar-refractivity contribution in [2.45, 2.75) is 31.4 Å². The maximum atomic E-state index is 11.7. The fourth-order valence-corrected chi connectivity index (χ4v) is 2.69. The lowest BCUT2D eigenvalue weighted by molar-refractivity contribution is 0.130. The van der Waals surface area contributed by atoms with Gasteiger partial charge in [0.2, 0.25) is 0 Å². The Morgan fingerprint density at radius 3 is 2.81 bits per heavy atom. The minimum Gasteiger partial charge on any atom is -0.439 e. The molecule has 1 aromatic rings. The molecule has 84 valence electrons. The number of cyclic esters (lactones) is 1. The van der Waals surface area contributed by atoms with Gasteiger partial charge in [0.1, 0.15) is 6.10 Å². The van der Waals surface area contributed by atoms with E-state index in [1.54, 1.807) is 0 Å². The average Bonchev–Trinajstić information content (AvgIpc) is 2.69. The molecule has 16 heavy (non-hydrogen) atoms. The summed E-state index contributed by atoms with van der Waals surface area (Å²) in [6.07, 6.45) is 3.16. The van der Waals surface area contributed by atoms with Gasteiger partial charge in [0.25, 0.3) is 0 Å². The summed E-state index contributed by atoms with van der Waals surface area (Å²) in [7, 11) is 0. The summed E-state index contributed by atoms with van der Waals surface area (Å²) in [4.78, 5) is 13.6. The molecule has 3 rings (SSSR count). The zero-order valence-corrected chi connectivity index (χ0v) is 9.13. The molecule has 0 saturated carbocycles. The lowest BCUT2D eigenvalue weighted by Crippen LogP contribution is -2.38. The number of benzene rings is 1. The first kappa shape index (κ1) is 9.70. The second-order valence-electron chi connectivity index (χ2n) is 4.47. The zero-order valence-electron chi connectivity index (χ0n) is 9.13. The van der Waals surface area contributed by atoms with Gasteiger partial charge in [-0.3, -0.25) is 0 Å². The molecule has 3 heteroatoms. The lowest BCUT2D eigenvalue weighted by atomic mass is 9.94. The van der Waals surface area contributed by atoms with Crippen molar-refractivity contribution in [1.82, 2.24) is 4.90 Å². The van der Waals surface area contributed by atoms with Crippen LogP contribution < -0.4 is 0 Å². The highest BCUT2D eigenvalue weighted by Crippen LogP contribution is 2.37. The number of amides is 1. The predicted octanol–water partition coefficient (Wildman–Crippen LogP) is 2.73. The Morgan fingerprint density at radius 2 is 2.00 bits per heavy atom. The second kappa shape index (κ2) is 3.81. The summed E-state index contributed by atoms with van der Waals surface area (Å²) in [6, 6.07) is 10.3. The van der Waals surface area contributed by atoms with E-state index in [1.807, 2.05) is 35.2 Å². The van der Waals surface area contributed by atoms with E-state index >= 15 is 0 Å². The fraction of sp³-hybridized carbons (Fsp3) is 0.462. The molecule has 0 aliphatic carbocycles. The highest BCUT2D eigenvalue weighted by molar-refractivity contribution is 5.71. The van der Waals surface area contributed by atoms with Crippen molar-refractivity contribution < 1.29 is 9.53 Å². The molecule has 1 aromatic carbocycles. The van der Waals surface area contributed by atoms with Crippen molar-refractivity contribution in [1.29, 1.82) is 0 Å². The Kier molecular flexibility index (Phi) is 2.31. The molecule has 2 aliphatic heterocycles. The van der Waals surface area contributed by atoms with E-state index in [0.29, 0.717) is 0 Å². The first-order valence-corrected chi connectivity index (χ1v) is 5.88. The Hall–Kier alpha value is -1.51. The van der Waals surface area contributed by atoms with E-state index in [0.717, 1.165) is 24.9 Å². The average molecular weight is 217 g/mol. The van der Waals surface area contributed by atoms with Crippen molar-refractivity contribution in [2.24, 2.45) is 0 Å². The number of carbonyl (C=O) groups excluding carboxylic acids is 1. The molecule has 2 aliphatic rings. The largest absolute Gasteiger partial charge is 0.439 e. The minimum atomic E-state index is -0.140. The third-order valence-electron chi connectivity index (χ3n) is 3.49. The number of piperidine rings is 1. The summed E-state index contributed by atoms with van der Waals surface area (Å²) in [5.74, 6) is 0. The van der Waals surface area contributed by atoms with Crippen LogP contribution in [0, 0.1) is 0 Å². The van der Waals surface area contributed by atoms with Crippen LogP contribution in [0.4, 0.5) is 4.79 Å². The predicted molar refractivity (Wildman–Crippen MR) is 60.0 cm³/mol. The standard InChI is InChI=1S/C13H15NO2/c15-13-14-9-5-4-8-11(14)12(16-13)10-6-2-1-3-7-10/h1-3,6-7,11-12H,4-5,8-9H2. The molecule has 2 atom stereocenters. The van der Waals surface area contributed by atoms with Gasteiger partial charge in [0, 0.05) is 6.54 Å². The smallest absolute Gasteiger partial charge is 0.410 e. The molecule has 2 fully saturated rings. The van der Waals surface area contributed by atoms with Crippen molar-refractivity contribution in [3.05, 3.63) is 35.9 Å². The molecule has 1 amide bonds. The summed E-state index contributed by atoms with van der Waals surface area (Å²) in [5, 5.41) is 0. The number of nitrogens with zero attached hydrogens (tertiary/aromatic N) is 1. The van der Waals surface area contributed by atoms with Gasteiger partial charge < -0.3 is 9.64 Å². The molecule has 0 spiro atoms. The van der Waals surface area contributed by atoms with Crippen LogP contribution in [0.5, 0.6) is 0 Å². The van der Waals surface area contributed by atoms with Gasteiger partial charge in [-0.05, 0) is 24.8 Å². The molecular weight excluding hydrogens is 202 g/mol. The highest BCUT2D eigenvalue weighted by atomic mass is 16.6. The van der Waals surface area contributed by atoms with Crippen LogP contribution in [0.3, 0.4) is 0 Å². The van der Waals surface area contributed by atoms with Gasteiger partial charge >= 0.3 is 6.09 Å². The Balaban J connectivity index is 1.89. The van der Waals surface area contributed by atoms with Crippen LogP contribution in [-0.4, -0.2) is 23.6 Å². The van der Waals surface area contributed by atoms with Gasteiger partial charge in [-0.25, -0.2) is 4.79 Å². The first-order valence-electron chi connectivity index (χ1n) is 5.88. The molecule has 2 saturated heterocycles. The molecular formula is C13H15NO2. The second-order valence-corrected chi connectivity index (χ2v) is 4.47. The van der Waals surface area contributed by atoms with Gasteiger partial charge in [-0.2, -0.15) is 0 Å². The van der Waals surface area contributed by atoms with Crippen LogP contribution in [0.2, 0.25) is 0 Å². The molecule has 0 N–H and O–H groups in total.